The first-order valence-corrected chi connectivity index (χ1v) is 7.47. The van der Waals surface area contributed by atoms with Crippen molar-refractivity contribution in [3.8, 4) is 0 Å². The van der Waals surface area contributed by atoms with Crippen molar-refractivity contribution in [3.63, 3.8) is 0 Å². The largest absolute Gasteiger partial charge is 0.418 e. The molecule has 23 heavy (non-hydrogen) atoms. The fourth-order valence-corrected chi connectivity index (χ4v) is 2.85. The molecular weight excluding hydrogens is 303 g/mol. The monoisotopic (exact) mass is 321 g/mol. The lowest BCUT2D eigenvalue weighted by atomic mass is 10.1. The van der Waals surface area contributed by atoms with Crippen LogP contribution in [0.4, 0.5) is 30.2 Å². The molecule has 1 heterocycles. The van der Waals surface area contributed by atoms with Gasteiger partial charge in [-0.3, -0.25) is 0 Å². The highest BCUT2D eigenvalue weighted by Crippen LogP contribution is 2.36. The van der Waals surface area contributed by atoms with E-state index >= 15 is 0 Å². The zero-order valence-electron chi connectivity index (χ0n) is 12.6. The molecule has 1 saturated heterocycles. The number of alkyl halides is 3. The number of hydrogen-bond acceptors (Lipinski definition) is 3. The van der Waals surface area contributed by atoms with E-state index in [9.17, 15) is 13.2 Å². The second-order valence-corrected chi connectivity index (χ2v) is 5.58. The van der Waals surface area contributed by atoms with E-state index in [1.807, 2.05) is 35.2 Å². The summed E-state index contributed by atoms with van der Waals surface area (Å²) < 4.78 is 38.9. The summed E-state index contributed by atoms with van der Waals surface area (Å²) in [5, 5.41) is 0. The van der Waals surface area contributed by atoms with Gasteiger partial charge in [0.25, 0.3) is 0 Å². The molecule has 1 fully saturated rings. The Balaban J connectivity index is 1.73. The Labute approximate surface area is 133 Å². The van der Waals surface area contributed by atoms with E-state index in [2.05, 4.69) is 4.90 Å². The van der Waals surface area contributed by atoms with Crippen LogP contribution in [0.3, 0.4) is 0 Å². The van der Waals surface area contributed by atoms with Gasteiger partial charge in [-0.1, -0.05) is 18.2 Å². The standard InChI is InChI=1S/C17H18F3N3/c18-17(19,20)15-12-14(6-7-16(15)21)23-10-8-22(9-11-23)13-4-2-1-3-5-13/h1-7,12H,8-11,21H2. The smallest absolute Gasteiger partial charge is 0.398 e. The van der Waals surface area contributed by atoms with Crippen LogP contribution in [0.15, 0.2) is 48.5 Å². The van der Waals surface area contributed by atoms with Crippen LogP contribution < -0.4 is 15.5 Å². The first-order valence-electron chi connectivity index (χ1n) is 7.47. The fourth-order valence-electron chi connectivity index (χ4n) is 2.85. The van der Waals surface area contributed by atoms with Crippen molar-refractivity contribution in [2.75, 3.05) is 41.7 Å². The second-order valence-electron chi connectivity index (χ2n) is 5.58. The molecule has 2 N–H and O–H groups in total. The molecule has 0 aliphatic carbocycles. The highest BCUT2D eigenvalue weighted by molar-refractivity contribution is 5.60. The van der Waals surface area contributed by atoms with Crippen molar-refractivity contribution in [1.29, 1.82) is 0 Å². The first kappa shape index (κ1) is 15.5. The van der Waals surface area contributed by atoms with Gasteiger partial charge >= 0.3 is 6.18 Å². The number of halogens is 3. The van der Waals surface area contributed by atoms with Crippen molar-refractivity contribution in [2.24, 2.45) is 0 Å². The van der Waals surface area contributed by atoms with Gasteiger partial charge in [-0.15, -0.1) is 0 Å². The molecule has 3 rings (SSSR count). The van der Waals surface area contributed by atoms with Crippen LogP contribution in [-0.4, -0.2) is 26.2 Å². The summed E-state index contributed by atoms with van der Waals surface area (Å²) in [5.74, 6) is 0. The number of nitrogens with two attached hydrogens (primary N) is 1. The first-order chi connectivity index (χ1) is 10.9. The third-order valence-corrected chi connectivity index (χ3v) is 4.11. The average molecular weight is 321 g/mol. The molecule has 6 heteroatoms. The lowest BCUT2D eigenvalue weighted by Crippen LogP contribution is -2.46. The van der Waals surface area contributed by atoms with Gasteiger partial charge in [0, 0.05) is 43.2 Å². The van der Waals surface area contributed by atoms with E-state index < -0.39 is 11.7 Å². The maximum absolute atomic E-state index is 13.0. The molecule has 1 aliphatic rings. The van der Waals surface area contributed by atoms with Gasteiger partial charge in [-0.2, -0.15) is 13.2 Å². The number of piperazine rings is 1. The van der Waals surface area contributed by atoms with Crippen LogP contribution in [0.5, 0.6) is 0 Å². The minimum Gasteiger partial charge on any atom is -0.398 e. The van der Waals surface area contributed by atoms with Crippen LogP contribution in [0.2, 0.25) is 0 Å². The molecule has 0 unspecified atom stereocenters. The summed E-state index contributed by atoms with van der Waals surface area (Å²) in [7, 11) is 0. The molecule has 0 atom stereocenters. The third kappa shape index (κ3) is 3.36. The van der Waals surface area contributed by atoms with Gasteiger partial charge in [-0.05, 0) is 30.3 Å². The summed E-state index contributed by atoms with van der Waals surface area (Å²) in [6.45, 7) is 2.90. The number of nitrogens with zero attached hydrogens (tertiary/aromatic N) is 2. The van der Waals surface area contributed by atoms with E-state index in [0.29, 0.717) is 18.8 Å². The normalized spacial score (nSPS) is 15.8. The highest BCUT2D eigenvalue weighted by Gasteiger charge is 2.33. The molecule has 0 amide bonds. The number of para-hydroxylation sites is 1. The minimum absolute atomic E-state index is 0.232. The average Bonchev–Trinajstić information content (AvgIpc) is 2.55. The number of nitrogen functional groups attached to an aromatic ring is 1. The van der Waals surface area contributed by atoms with Crippen molar-refractivity contribution in [3.05, 3.63) is 54.1 Å². The Bertz CT molecular complexity index is 663. The number of rotatable bonds is 2. The summed E-state index contributed by atoms with van der Waals surface area (Å²) in [4.78, 5) is 4.20. The predicted octanol–water partition coefficient (Wildman–Crippen LogP) is 3.61. The van der Waals surface area contributed by atoms with Gasteiger partial charge in [0.1, 0.15) is 0 Å². The molecule has 3 nitrogen and oxygen atoms in total. The molecule has 2 aromatic carbocycles. The molecule has 122 valence electrons. The van der Waals surface area contributed by atoms with Gasteiger partial charge in [0.15, 0.2) is 0 Å². The van der Waals surface area contributed by atoms with Crippen molar-refractivity contribution >= 4 is 17.1 Å². The van der Waals surface area contributed by atoms with Gasteiger partial charge < -0.3 is 15.5 Å². The van der Waals surface area contributed by atoms with Crippen molar-refractivity contribution in [2.45, 2.75) is 6.18 Å². The van der Waals surface area contributed by atoms with E-state index in [-0.39, 0.29) is 5.69 Å². The van der Waals surface area contributed by atoms with Gasteiger partial charge in [0.05, 0.1) is 5.56 Å². The zero-order chi connectivity index (χ0) is 16.4. The van der Waals surface area contributed by atoms with E-state index in [4.69, 9.17) is 5.73 Å². The fraction of sp³-hybridized carbons (Fsp3) is 0.294. The van der Waals surface area contributed by atoms with E-state index in [1.165, 1.54) is 6.07 Å². The number of benzene rings is 2. The second kappa shape index (κ2) is 6.02. The predicted molar refractivity (Wildman–Crippen MR) is 86.7 cm³/mol. The van der Waals surface area contributed by atoms with E-state index in [0.717, 1.165) is 24.8 Å². The van der Waals surface area contributed by atoms with Crippen molar-refractivity contribution in [1.82, 2.24) is 0 Å². The quantitative estimate of drug-likeness (QED) is 0.858. The summed E-state index contributed by atoms with van der Waals surface area (Å²) in [6.07, 6.45) is -4.42. The van der Waals surface area contributed by atoms with Gasteiger partial charge in [0.2, 0.25) is 0 Å². The Hall–Kier alpha value is -2.37. The molecule has 2 aromatic rings. The Morgan fingerprint density at radius 3 is 1.91 bits per heavy atom. The van der Waals surface area contributed by atoms with Gasteiger partial charge in [-0.25, -0.2) is 0 Å². The van der Waals surface area contributed by atoms with Crippen LogP contribution in [0, 0.1) is 0 Å². The Morgan fingerprint density at radius 2 is 1.35 bits per heavy atom. The lowest BCUT2D eigenvalue weighted by Gasteiger charge is -2.37. The summed E-state index contributed by atoms with van der Waals surface area (Å²) >= 11 is 0. The Morgan fingerprint density at radius 1 is 0.783 bits per heavy atom. The molecular formula is C17H18F3N3. The third-order valence-electron chi connectivity index (χ3n) is 4.11. The van der Waals surface area contributed by atoms with E-state index in [1.54, 1.807) is 6.07 Å². The molecule has 0 bridgehead atoms. The van der Waals surface area contributed by atoms with Crippen LogP contribution in [0.1, 0.15) is 5.56 Å². The minimum atomic E-state index is -4.42. The molecule has 0 radical (unpaired) electrons. The lowest BCUT2D eigenvalue weighted by molar-refractivity contribution is -0.136. The maximum Gasteiger partial charge on any atom is 0.418 e. The van der Waals surface area contributed by atoms with Crippen LogP contribution >= 0.6 is 0 Å². The SMILES string of the molecule is Nc1ccc(N2CCN(c3ccccc3)CC2)cc1C(F)(F)F. The molecule has 0 spiro atoms. The van der Waals surface area contributed by atoms with Crippen LogP contribution in [0.25, 0.3) is 0 Å². The summed E-state index contributed by atoms with van der Waals surface area (Å²) in [5.41, 5.74) is 6.17. The van der Waals surface area contributed by atoms with Crippen LogP contribution in [-0.2, 0) is 6.18 Å². The topological polar surface area (TPSA) is 32.5 Å². The van der Waals surface area contributed by atoms with Crippen molar-refractivity contribution < 1.29 is 13.2 Å². The zero-order valence-corrected chi connectivity index (χ0v) is 12.6. The highest BCUT2D eigenvalue weighted by atomic mass is 19.4. The molecule has 0 saturated carbocycles. The Kier molecular flexibility index (Phi) is 4.07. The molecule has 0 aromatic heterocycles. The molecule has 1 aliphatic heterocycles. The number of anilines is 3. The number of hydrogen-bond donors (Lipinski definition) is 1. The summed E-state index contributed by atoms with van der Waals surface area (Å²) in [6, 6.07) is 14.2. The maximum atomic E-state index is 13.0.